The van der Waals surface area contributed by atoms with Gasteiger partial charge in [0.1, 0.15) is 17.5 Å². The van der Waals surface area contributed by atoms with Crippen molar-refractivity contribution < 1.29 is 17.6 Å². The molecule has 0 unspecified atom stereocenters. The van der Waals surface area contributed by atoms with Crippen molar-refractivity contribution in [1.29, 1.82) is 10.7 Å². The van der Waals surface area contributed by atoms with E-state index >= 15 is 0 Å². The first-order chi connectivity index (χ1) is 16.3. The smallest absolute Gasteiger partial charge is 0.384 e. The quantitative estimate of drug-likeness (QED) is 0.214. The van der Waals surface area contributed by atoms with Crippen LogP contribution in [0.15, 0.2) is 48.6 Å². The van der Waals surface area contributed by atoms with Crippen molar-refractivity contribution in [3.8, 4) is 17.2 Å². The number of hydrogen-bond acceptors (Lipinski definition) is 6. The summed E-state index contributed by atoms with van der Waals surface area (Å²) in [6.45, 7) is 2.36. The predicted molar refractivity (Wildman–Crippen MR) is 122 cm³/mol. The van der Waals surface area contributed by atoms with Gasteiger partial charge in [-0.2, -0.15) is 18.4 Å². The summed E-state index contributed by atoms with van der Waals surface area (Å²) in [7, 11) is 0. The summed E-state index contributed by atoms with van der Waals surface area (Å²) in [5, 5.41) is 22.8. The van der Waals surface area contributed by atoms with Crippen LogP contribution in [0, 0.1) is 22.6 Å². The Morgan fingerprint density at radius 2 is 2.03 bits per heavy atom. The molecule has 0 spiro atoms. The van der Waals surface area contributed by atoms with Crippen molar-refractivity contribution in [2.24, 2.45) is 0 Å². The van der Waals surface area contributed by atoms with E-state index in [9.17, 15) is 22.8 Å². The number of H-pyrrole nitrogens is 1. The first kappa shape index (κ1) is 22.7. The lowest BCUT2D eigenvalue weighted by Gasteiger charge is -2.13. The predicted octanol–water partition coefficient (Wildman–Crippen LogP) is 5.73. The van der Waals surface area contributed by atoms with Crippen molar-refractivity contribution in [2.45, 2.75) is 13.1 Å². The third-order valence-electron chi connectivity index (χ3n) is 5.10. The highest BCUT2D eigenvalue weighted by atomic mass is 19.4. The first-order valence-electron chi connectivity index (χ1n) is 10.0. The average molecular weight is 467 g/mol. The Kier molecular flexibility index (Phi) is 5.89. The largest absolute Gasteiger partial charge is 0.419 e. The first-order valence-corrected chi connectivity index (χ1v) is 10.0. The zero-order valence-corrected chi connectivity index (χ0v) is 17.7. The molecule has 3 heterocycles. The standard InChI is InChI=1S/C23H17F4N7/c1-2-31-18-5-15(24)4-16-19-21(32-10-14(7-29)23(25,26)27)17(11-33-22(19)34-20(16)18)13-3-12(6-28)8-30-9-13/h3-5,7-11,29,31H,2H2,1H3,(H2,32,33,34)/b14-10+,29-7?. The number of aromatic amines is 1. The summed E-state index contributed by atoms with van der Waals surface area (Å²) >= 11 is 0. The molecule has 0 atom stereocenters. The molecule has 0 radical (unpaired) electrons. The van der Waals surface area contributed by atoms with E-state index < -0.39 is 17.6 Å². The molecule has 0 saturated carbocycles. The number of nitrogens with one attached hydrogen (secondary N) is 4. The minimum absolute atomic E-state index is 0.185. The van der Waals surface area contributed by atoms with Crippen LogP contribution < -0.4 is 10.6 Å². The maximum absolute atomic E-state index is 14.5. The Morgan fingerprint density at radius 3 is 2.71 bits per heavy atom. The molecule has 0 bridgehead atoms. The highest BCUT2D eigenvalue weighted by Gasteiger charge is 2.32. The summed E-state index contributed by atoms with van der Waals surface area (Å²) in [5.74, 6) is -0.542. The van der Waals surface area contributed by atoms with Crippen LogP contribution in [0.5, 0.6) is 0 Å². The summed E-state index contributed by atoms with van der Waals surface area (Å²) < 4.78 is 54.3. The molecule has 4 aromatic rings. The van der Waals surface area contributed by atoms with Crippen LogP contribution in [-0.2, 0) is 0 Å². The van der Waals surface area contributed by atoms with Gasteiger partial charge in [0.15, 0.2) is 0 Å². The maximum atomic E-state index is 14.5. The van der Waals surface area contributed by atoms with Crippen LogP contribution in [0.3, 0.4) is 0 Å². The lowest BCUT2D eigenvalue weighted by Crippen LogP contribution is -2.14. The van der Waals surface area contributed by atoms with Gasteiger partial charge < -0.3 is 21.0 Å². The molecule has 0 saturated heterocycles. The van der Waals surface area contributed by atoms with Crippen LogP contribution in [0.25, 0.3) is 33.1 Å². The number of nitrogens with zero attached hydrogens (tertiary/aromatic N) is 3. The fraction of sp³-hybridized carbons (Fsp3) is 0.130. The minimum atomic E-state index is -4.76. The Balaban J connectivity index is 2.06. The van der Waals surface area contributed by atoms with Crippen LogP contribution in [0.1, 0.15) is 12.5 Å². The molecule has 172 valence electrons. The number of rotatable bonds is 6. The minimum Gasteiger partial charge on any atom is -0.384 e. The van der Waals surface area contributed by atoms with E-state index in [1.807, 2.05) is 13.0 Å². The second-order valence-corrected chi connectivity index (χ2v) is 7.26. The van der Waals surface area contributed by atoms with E-state index in [1.54, 1.807) is 0 Å². The van der Waals surface area contributed by atoms with E-state index in [2.05, 4.69) is 25.6 Å². The average Bonchev–Trinajstić information content (AvgIpc) is 3.17. The number of nitriles is 1. The highest BCUT2D eigenvalue weighted by molar-refractivity contribution is 6.17. The van der Waals surface area contributed by atoms with Crippen molar-refractivity contribution in [2.75, 3.05) is 17.2 Å². The second-order valence-electron chi connectivity index (χ2n) is 7.26. The molecule has 7 nitrogen and oxygen atoms in total. The maximum Gasteiger partial charge on any atom is 0.419 e. The summed E-state index contributed by atoms with van der Waals surface area (Å²) in [6, 6.07) is 6.06. The van der Waals surface area contributed by atoms with E-state index in [-0.39, 0.29) is 17.5 Å². The molecule has 4 rings (SSSR count). The summed E-state index contributed by atoms with van der Waals surface area (Å²) in [6.07, 6.45) is 0.320. The van der Waals surface area contributed by atoms with Crippen molar-refractivity contribution >= 4 is 39.5 Å². The molecule has 11 heteroatoms. The highest BCUT2D eigenvalue weighted by Crippen LogP contribution is 2.40. The normalized spacial score (nSPS) is 12.1. The molecule has 34 heavy (non-hydrogen) atoms. The number of allylic oxidation sites excluding steroid dienone is 1. The Labute approximate surface area is 190 Å². The van der Waals surface area contributed by atoms with Gasteiger partial charge in [-0.3, -0.25) is 4.98 Å². The van der Waals surface area contributed by atoms with Gasteiger partial charge in [-0.05, 0) is 25.1 Å². The molecule has 0 fully saturated rings. The lowest BCUT2D eigenvalue weighted by molar-refractivity contribution is -0.0857. The number of benzene rings is 1. The summed E-state index contributed by atoms with van der Waals surface area (Å²) in [5.41, 5.74) is 1.29. The van der Waals surface area contributed by atoms with Gasteiger partial charge in [0.25, 0.3) is 0 Å². The lowest BCUT2D eigenvalue weighted by atomic mass is 10.0. The summed E-state index contributed by atoms with van der Waals surface area (Å²) in [4.78, 5) is 11.5. The van der Waals surface area contributed by atoms with Gasteiger partial charge in [0.2, 0.25) is 0 Å². The van der Waals surface area contributed by atoms with Crippen LogP contribution in [-0.4, -0.2) is 33.9 Å². The van der Waals surface area contributed by atoms with Gasteiger partial charge >= 0.3 is 6.18 Å². The van der Waals surface area contributed by atoms with E-state index in [1.165, 1.54) is 36.8 Å². The Bertz CT molecular complexity index is 1480. The third-order valence-corrected chi connectivity index (χ3v) is 5.10. The number of pyridine rings is 2. The van der Waals surface area contributed by atoms with Crippen molar-refractivity contribution in [3.05, 3.63) is 59.9 Å². The van der Waals surface area contributed by atoms with E-state index in [0.29, 0.717) is 51.5 Å². The Hall–Kier alpha value is -4.46. The van der Waals surface area contributed by atoms with Crippen LogP contribution in [0.2, 0.25) is 0 Å². The number of alkyl halides is 3. The number of anilines is 2. The molecule has 3 aromatic heterocycles. The third kappa shape index (κ3) is 4.13. The van der Waals surface area contributed by atoms with Crippen LogP contribution >= 0.6 is 0 Å². The monoisotopic (exact) mass is 467 g/mol. The number of hydrogen-bond donors (Lipinski definition) is 4. The molecule has 0 amide bonds. The molecular weight excluding hydrogens is 450 g/mol. The zero-order valence-electron chi connectivity index (χ0n) is 17.7. The topological polar surface area (TPSA) is 113 Å². The Morgan fingerprint density at radius 1 is 1.24 bits per heavy atom. The zero-order chi connectivity index (χ0) is 24.5. The van der Waals surface area contributed by atoms with Gasteiger partial charge in [-0.15, -0.1) is 0 Å². The molecule has 4 N–H and O–H groups in total. The van der Waals surface area contributed by atoms with Gasteiger partial charge in [0.05, 0.1) is 33.4 Å². The van der Waals surface area contributed by atoms with E-state index in [0.717, 1.165) is 0 Å². The molecule has 0 aliphatic rings. The van der Waals surface area contributed by atoms with Gasteiger partial charge in [-0.25, -0.2) is 9.37 Å². The van der Waals surface area contributed by atoms with Gasteiger partial charge in [-0.1, -0.05) is 0 Å². The number of aromatic nitrogens is 3. The number of fused-ring (bicyclic) bond motifs is 3. The van der Waals surface area contributed by atoms with Gasteiger partial charge in [0, 0.05) is 54.1 Å². The molecular formula is C23H17F4N7. The molecule has 0 aliphatic heterocycles. The van der Waals surface area contributed by atoms with Crippen molar-refractivity contribution in [1.82, 2.24) is 15.0 Å². The molecule has 1 aromatic carbocycles. The van der Waals surface area contributed by atoms with Crippen molar-refractivity contribution in [3.63, 3.8) is 0 Å². The molecule has 0 aliphatic carbocycles. The second kappa shape index (κ2) is 8.82. The SMILES string of the molecule is CCNc1cc(F)cc2c1[nH]c1ncc(-c3cncc(C#N)c3)c(N/C=C(\C=N)C(F)(F)F)c12. The fourth-order valence-electron chi connectivity index (χ4n) is 3.63. The van der Waals surface area contributed by atoms with E-state index in [4.69, 9.17) is 5.41 Å². The fourth-order valence-corrected chi connectivity index (χ4v) is 3.63. The number of halogens is 4. The van der Waals surface area contributed by atoms with Crippen LogP contribution in [0.4, 0.5) is 28.9 Å².